The molecule has 1 heterocycles. The van der Waals surface area contributed by atoms with Crippen LogP contribution in [0.5, 0.6) is 0 Å². The number of hydrogen-bond acceptors (Lipinski definition) is 3. The Morgan fingerprint density at radius 2 is 2.38 bits per heavy atom. The molecule has 0 aliphatic carbocycles. The van der Waals surface area contributed by atoms with E-state index in [0.29, 0.717) is 12.1 Å². The molecule has 0 unspecified atom stereocenters. The van der Waals surface area contributed by atoms with Crippen LogP contribution in [-0.2, 0) is 6.42 Å². The van der Waals surface area contributed by atoms with Crippen molar-refractivity contribution < 1.29 is 9.90 Å². The molecule has 0 saturated heterocycles. The lowest BCUT2D eigenvalue weighted by atomic mass is 10.0. The number of rotatable bonds is 3. The molecular weight excluding hydrogens is 204 g/mol. The lowest BCUT2D eigenvalue weighted by molar-refractivity contribution is 0.0944. The molecule has 86 valence electrons. The maximum atomic E-state index is 11.6. The van der Waals surface area contributed by atoms with Gasteiger partial charge in [-0.05, 0) is 36.6 Å². The third kappa shape index (κ3) is 2.33. The summed E-state index contributed by atoms with van der Waals surface area (Å²) in [7, 11) is 0. The van der Waals surface area contributed by atoms with E-state index in [2.05, 4.69) is 10.6 Å². The number of fused-ring (bicyclic) bond motifs is 1. The number of anilines is 1. The molecule has 0 aromatic heterocycles. The molecule has 0 saturated carbocycles. The van der Waals surface area contributed by atoms with Gasteiger partial charge in [0.2, 0.25) is 0 Å². The van der Waals surface area contributed by atoms with Crippen molar-refractivity contribution in [2.24, 2.45) is 0 Å². The summed E-state index contributed by atoms with van der Waals surface area (Å²) in [6, 6.07) is 5.68. The van der Waals surface area contributed by atoms with E-state index < -0.39 is 0 Å². The second-order valence-corrected chi connectivity index (χ2v) is 3.88. The Balaban J connectivity index is 2.13. The maximum Gasteiger partial charge on any atom is 0.251 e. The van der Waals surface area contributed by atoms with Crippen molar-refractivity contribution >= 4 is 11.6 Å². The first kappa shape index (κ1) is 11.0. The maximum absolute atomic E-state index is 11.6. The van der Waals surface area contributed by atoms with Crippen molar-refractivity contribution in [3.63, 3.8) is 0 Å². The summed E-state index contributed by atoms with van der Waals surface area (Å²) in [5.41, 5.74) is 2.99. The topological polar surface area (TPSA) is 61.4 Å². The Hall–Kier alpha value is -1.55. The van der Waals surface area contributed by atoms with Gasteiger partial charge in [-0.25, -0.2) is 0 Å². The Bertz CT molecular complexity index is 391. The second-order valence-electron chi connectivity index (χ2n) is 3.88. The summed E-state index contributed by atoms with van der Waals surface area (Å²) < 4.78 is 0. The SMILES string of the molecule is O=C(NCCO)c1ccc2c(c1)CCCN2. The van der Waals surface area contributed by atoms with Gasteiger partial charge in [-0.2, -0.15) is 0 Å². The summed E-state index contributed by atoms with van der Waals surface area (Å²) in [6.45, 7) is 1.27. The fourth-order valence-electron chi connectivity index (χ4n) is 1.89. The molecule has 3 N–H and O–H groups in total. The fraction of sp³-hybridized carbons (Fsp3) is 0.417. The smallest absolute Gasteiger partial charge is 0.251 e. The quantitative estimate of drug-likeness (QED) is 0.705. The predicted octanol–water partition coefficient (Wildman–Crippen LogP) is 0.767. The molecule has 0 radical (unpaired) electrons. The zero-order valence-electron chi connectivity index (χ0n) is 9.12. The van der Waals surface area contributed by atoms with E-state index in [1.54, 1.807) is 0 Å². The molecule has 0 fully saturated rings. The van der Waals surface area contributed by atoms with Crippen molar-refractivity contribution in [1.82, 2.24) is 5.32 Å². The molecular formula is C12H16N2O2. The zero-order chi connectivity index (χ0) is 11.4. The van der Waals surface area contributed by atoms with Gasteiger partial charge < -0.3 is 15.7 Å². The molecule has 1 aliphatic rings. The van der Waals surface area contributed by atoms with Crippen molar-refractivity contribution in [1.29, 1.82) is 0 Å². The lowest BCUT2D eigenvalue weighted by Crippen LogP contribution is -2.26. The standard InChI is InChI=1S/C12H16N2O2/c15-7-6-14-12(16)10-3-4-11-9(8-10)2-1-5-13-11/h3-4,8,13,15H,1-2,5-7H2,(H,14,16). The number of carbonyl (C=O) groups excluding carboxylic acids is 1. The highest BCUT2D eigenvalue weighted by Crippen LogP contribution is 2.22. The molecule has 4 nitrogen and oxygen atoms in total. The summed E-state index contributed by atoms with van der Waals surface area (Å²) in [4.78, 5) is 11.6. The largest absolute Gasteiger partial charge is 0.395 e. The Kier molecular flexibility index (Phi) is 3.41. The van der Waals surface area contributed by atoms with Gasteiger partial charge in [-0.3, -0.25) is 4.79 Å². The van der Waals surface area contributed by atoms with E-state index in [1.807, 2.05) is 18.2 Å². The van der Waals surface area contributed by atoms with Crippen LogP contribution in [0.4, 0.5) is 5.69 Å². The number of hydrogen-bond donors (Lipinski definition) is 3. The molecule has 1 aromatic rings. The number of aryl methyl sites for hydroxylation is 1. The van der Waals surface area contributed by atoms with E-state index in [1.165, 1.54) is 5.56 Å². The highest BCUT2D eigenvalue weighted by Gasteiger charge is 2.11. The second kappa shape index (κ2) is 4.99. The number of nitrogens with one attached hydrogen (secondary N) is 2. The van der Waals surface area contributed by atoms with Crippen molar-refractivity contribution in [3.8, 4) is 0 Å². The van der Waals surface area contributed by atoms with Gasteiger partial charge in [0.05, 0.1) is 6.61 Å². The fourth-order valence-corrected chi connectivity index (χ4v) is 1.89. The van der Waals surface area contributed by atoms with E-state index in [9.17, 15) is 4.79 Å². The van der Waals surface area contributed by atoms with Crippen LogP contribution in [0.1, 0.15) is 22.3 Å². The van der Waals surface area contributed by atoms with Crippen LogP contribution in [0.25, 0.3) is 0 Å². The highest BCUT2D eigenvalue weighted by atomic mass is 16.3. The van der Waals surface area contributed by atoms with Crippen LogP contribution in [0.15, 0.2) is 18.2 Å². The van der Waals surface area contributed by atoms with Gasteiger partial charge >= 0.3 is 0 Å². The monoisotopic (exact) mass is 220 g/mol. The molecule has 0 atom stereocenters. The van der Waals surface area contributed by atoms with E-state index in [-0.39, 0.29) is 12.5 Å². The van der Waals surface area contributed by atoms with Crippen LogP contribution in [0, 0.1) is 0 Å². The van der Waals surface area contributed by atoms with Gasteiger partial charge in [-0.1, -0.05) is 0 Å². The number of aliphatic hydroxyl groups is 1. The number of amides is 1. The van der Waals surface area contributed by atoms with Crippen molar-refractivity contribution in [3.05, 3.63) is 29.3 Å². The summed E-state index contributed by atoms with van der Waals surface area (Å²) >= 11 is 0. The Labute approximate surface area is 94.7 Å². The summed E-state index contributed by atoms with van der Waals surface area (Å²) in [5, 5.41) is 14.6. The van der Waals surface area contributed by atoms with Crippen LogP contribution < -0.4 is 10.6 Å². The minimum atomic E-state index is -0.123. The van der Waals surface area contributed by atoms with Gasteiger partial charge in [0, 0.05) is 24.3 Å². The van der Waals surface area contributed by atoms with Crippen LogP contribution in [-0.4, -0.2) is 30.7 Å². The number of benzene rings is 1. The van der Waals surface area contributed by atoms with E-state index in [4.69, 9.17) is 5.11 Å². The van der Waals surface area contributed by atoms with Gasteiger partial charge in [0.1, 0.15) is 0 Å². The van der Waals surface area contributed by atoms with Gasteiger partial charge in [0.15, 0.2) is 0 Å². The molecule has 1 amide bonds. The first-order valence-corrected chi connectivity index (χ1v) is 5.57. The average Bonchev–Trinajstić information content (AvgIpc) is 2.35. The minimum absolute atomic E-state index is 0.0295. The minimum Gasteiger partial charge on any atom is -0.395 e. The molecule has 0 bridgehead atoms. The first-order chi connectivity index (χ1) is 7.81. The molecule has 0 spiro atoms. The zero-order valence-corrected chi connectivity index (χ0v) is 9.12. The van der Waals surface area contributed by atoms with Crippen LogP contribution >= 0.6 is 0 Å². The van der Waals surface area contributed by atoms with E-state index in [0.717, 1.165) is 25.1 Å². The summed E-state index contributed by atoms with van der Waals surface area (Å²) in [6.07, 6.45) is 2.12. The number of carbonyl (C=O) groups is 1. The first-order valence-electron chi connectivity index (χ1n) is 5.57. The Morgan fingerprint density at radius 1 is 1.50 bits per heavy atom. The third-order valence-corrected chi connectivity index (χ3v) is 2.70. The highest BCUT2D eigenvalue weighted by molar-refractivity contribution is 5.94. The summed E-state index contributed by atoms with van der Waals surface area (Å²) in [5.74, 6) is -0.123. The molecule has 4 heteroatoms. The van der Waals surface area contributed by atoms with Crippen molar-refractivity contribution in [2.45, 2.75) is 12.8 Å². The average molecular weight is 220 g/mol. The third-order valence-electron chi connectivity index (χ3n) is 2.70. The van der Waals surface area contributed by atoms with Crippen LogP contribution in [0.2, 0.25) is 0 Å². The normalized spacial score (nSPS) is 13.8. The Morgan fingerprint density at radius 3 is 3.19 bits per heavy atom. The van der Waals surface area contributed by atoms with Crippen molar-refractivity contribution in [2.75, 3.05) is 25.0 Å². The molecule has 16 heavy (non-hydrogen) atoms. The van der Waals surface area contributed by atoms with E-state index >= 15 is 0 Å². The van der Waals surface area contributed by atoms with Gasteiger partial charge in [-0.15, -0.1) is 0 Å². The number of aliphatic hydroxyl groups excluding tert-OH is 1. The predicted molar refractivity (Wildman–Crippen MR) is 62.7 cm³/mol. The molecule has 1 aliphatic heterocycles. The van der Waals surface area contributed by atoms with Gasteiger partial charge in [0.25, 0.3) is 5.91 Å². The molecule has 2 rings (SSSR count). The lowest BCUT2D eigenvalue weighted by Gasteiger charge is -2.18. The molecule has 1 aromatic carbocycles. The van der Waals surface area contributed by atoms with Crippen LogP contribution in [0.3, 0.4) is 0 Å².